The number of nitrogens with one attached hydrogen (secondary N) is 2. The second-order valence-corrected chi connectivity index (χ2v) is 5.55. The number of anilines is 3. The van der Waals surface area contributed by atoms with Crippen LogP contribution >= 0.6 is 0 Å². The van der Waals surface area contributed by atoms with Crippen LogP contribution in [0, 0.1) is 0 Å². The predicted octanol–water partition coefficient (Wildman–Crippen LogP) is 3.93. The van der Waals surface area contributed by atoms with Crippen molar-refractivity contribution in [2.24, 2.45) is 10.2 Å². The van der Waals surface area contributed by atoms with Crippen LogP contribution < -0.4 is 20.3 Å². The summed E-state index contributed by atoms with van der Waals surface area (Å²) >= 11 is 0. The van der Waals surface area contributed by atoms with E-state index in [0.717, 1.165) is 17.1 Å². The van der Waals surface area contributed by atoms with Crippen LogP contribution in [0.25, 0.3) is 0 Å². The highest BCUT2D eigenvalue weighted by molar-refractivity contribution is 5.71. The van der Waals surface area contributed by atoms with Gasteiger partial charge in [0.15, 0.2) is 0 Å². The number of fused-ring (bicyclic) bond motifs is 1. The van der Waals surface area contributed by atoms with Gasteiger partial charge in [0, 0.05) is 32.8 Å². The molecular weight excluding hydrogens is 318 g/mol. The summed E-state index contributed by atoms with van der Waals surface area (Å²) in [6.45, 7) is 5.23. The van der Waals surface area contributed by atoms with Crippen LogP contribution in [0.4, 0.5) is 22.7 Å². The highest BCUT2D eigenvalue weighted by Gasteiger charge is 2.14. The van der Waals surface area contributed by atoms with E-state index in [1.807, 2.05) is 43.3 Å². The zero-order valence-corrected chi connectivity index (χ0v) is 14.3. The standard InChI is InChI=1S/C18H21N5O2/c1-12(23(3)16-7-5-4-6-13(16)19-2)21-22-14-11-18-15(10-17(14)24)20-8-9-25-18/h4-7,10-11,19-20,24H,1,8-9H2,2-3H3/b22-21+. The Bertz CT molecular complexity index is 819. The van der Waals surface area contributed by atoms with Crippen LogP contribution in [0.15, 0.2) is 59.0 Å². The fourth-order valence-electron chi connectivity index (χ4n) is 2.54. The van der Waals surface area contributed by atoms with Gasteiger partial charge in [-0.3, -0.25) is 0 Å². The Morgan fingerprint density at radius 2 is 2.16 bits per heavy atom. The molecule has 1 aliphatic rings. The largest absolute Gasteiger partial charge is 0.506 e. The average molecular weight is 339 g/mol. The van der Waals surface area contributed by atoms with E-state index in [2.05, 4.69) is 27.4 Å². The Morgan fingerprint density at radius 3 is 2.96 bits per heavy atom. The number of hydrogen-bond acceptors (Lipinski definition) is 7. The number of para-hydroxylation sites is 2. The van der Waals surface area contributed by atoms with Gasteiger partial charge >= 0.3 is 0 Å². The van der Waals surface area contributed by atoms with Gasteiger partial charge < -0.3 is 25.4 Å². The zero-order chi connectivity index (χ0) is 17.8. The third kappa shape index (κ3) is 3.50. The Kier molecular flexibility index (Phi) is 4.74. The summed E-state index contributed by atoms with van der Waals surface area (Å²) in [7, 11) is 3.72. The highest BCUT2D eigenvalue weighted by atomic mass is 16.5. The van der Waals surface area contributed by atoms with Gasteiger partial charge in [-0.1, -0.05) is 18.7 Å². The lowest BCUT2D eigenvalue weighted by Crippen LogP contribution is -2.17. The summed E-state index contributed by atoms with van der Waals surface area (Å²) < 4.78 is 5.56. The molecular formula is C18H21N5O2. The summed E-state index contributed by atoms with van der Waals surface area (Å²) in [5.41, 5.74) is 2.97. The number of hydrogen-bond donors (Lipinski definition) is 3. The molecule has 2 aromatic rings. The van der Waals surface area contributed by atoms with E-state index in [0.29, 0.717) is 30.4 Å². The van der Waals surface area contributed by atoms with Crippen molar-refractivity contribution in [3.05, 3.63) is 48.8 Å². The van der Waals surface area contributed by atoms with E-state index in [-0.39, 0.29) is 5.75 Å². The molecule has 130 valence electrons. The van der Waals surface area contributed by atoms with Crippen molar-refractivity contribution in [1.29, 1.82) is 0 Å². The van der Waals surface area contributed by atoms with E-state index < -0.39 is 0 Å². The summed E-state index contributed by atoms with van der Waals surface area (Å²) in [4.78, 5) is 1.82. The molecule has 2 aromatic carbocycles. The van der Waals surface area contributed by atoms with Gasteiger partial charge in [0.1, 0.15) is 29.6 Å². The molecule has 0 amide bonds. The van der Waals surface area contributed by atoms with Crippen molar-refractivity contribution >= 4 is 22.7 Å². The first-order valence-electron chi connectivity index (χ1n) is 7.95. The van der Waals surface area contributed by atoms with Crippen molar-refractivity contribution in [2.45, 2.75) is 0 Å². The maximum Gasteiger partial charge on any atom is 0.148 e. The van der Waals surface area contributed by atoms with Crippen LogP contribution in [0.3, 0.4) is 0 Å². The molecule has 7 heteroatoms. The number of phenolic OH excluding ortho intramolecular Hbond substituents is 1. The number of nitrogens with zero attached hydrogens (tertiary/aromatic N) is 3. The molecule has 25 heavy (non-hydrogen) atoms. The maximum atomic E-state index is 10.1. The van der Waals surface area contributed by atoms with Crippen LogP contribution in [0.5, 0.6) is 11.5 Å². The van der Waals surface area contributed by atoms with Crippen molar-refractivity contribution in [2.75, 3.05) is 42.8 Å². The van der Waals surface area contributed by atoms with E-state index in [1.165, 1.54) is 0 Å². The smallest absolute Gasteiger partial charge is 0.148 e. The minimum absolute atomic E-state index is 0.0339. The van der Waals surface area contributed by atoms with Crippen LogP contribution in [0.2, 0.25) is 0 Å². The molecule has 1 heterocycles. The van der Waals surface area contributed by atoms with Crippen LogP contribution in [-0.2, 0) is 0 Å². The van der Waals surface area contributed by atoms with Gasteiger partial charge in [0.25, 0.3) is 0 Å². The van der Waals surface area contributed by atoms with E-state index in [1.54, 1.807) is 12.1 Å². The molecule has 0 saturated carbocycles. The van der Waals surface area contributed by atoms with Crippen LogP contribution in [0.1, 0.15) is 0 Å². The first-order valence-corrected chi connectivity index (χ1v) is 7.95. The Hall–Kier alpha value is -3.22. The fraction of sp³-hybridized carbons (Fsp3) is 0.222. The monoisotopic (exact) mass is 339 g/mol. The molecule has 0 fully saturated rings. The molecule has 0 bridgehead atoms. The maximum absolute atomic E-state index is 10.1. The second-order valence-electron chi connectivity index (χ2n) is 5.55. The molecule has 7 nitrogen and oxygen atoms in total. The molecule has 0 aliphatic carbocycles. The number of aromatic hydroxyl groups is 1. The summed E-state index contributed by atoms with van der Waals surface area (Å²) in [5, 5.41) is 24.7. The summed E-state index contributed by atoms with van der Waals surface area (Å²) in [6.07, 6.45) is 0. The fourth-order valence-corrected chi connectivity index (χ4v) is 2.54. The van der Waals surface area contributed by atoms with Gasteiger partial charge in [-0.25, -0.2) is 0 Å². The number of phenols is 1. The quantitative estimate of drug-likeness (QED) is 0.719. The predicted molar refractivity (Wildman–Crippen MR) is 100 cm³/mol. The Morgan fingerprint density at radius 1 is 1.36 bits per heavy atom. The molecule has 0 saturated heterocycles. The van der Waals surface area contributed by atoms with E-state index in [9.17, 15) is 5.11 Å². The molecule has 1 aliphatic heterocycles. The van der Waals surface area contributed by atoms with Crippen molar-refractivity contribution in [1.82, 2.24) is 0 Å². The van der Waals surface area contributed by atoms with Gasteiger partial charge in [0.05, 0.1) is 17.1 Å². The van der Waals surface area contributed by atoms with Crippen molar-refractivity contribution < 1.29 is 9.84 Å². The topological polar surface area (TPSA) is 81.5 Å². The molecule has 3 rings (SSSR count). The third-order valence-corrected chi connectivity index (χ3v) is 3.95. The Balaban J connectivity index is 1.80. The lowest BCUT2D eigenvalue weighted by Gasteiger charge is -2.21. The highest BCUT2D eigenvalue weighted by Crippen LogP contribution is 2.39. The molecule has 0 unspecified atom stereocenters. The third-order valence-electron chi connectivity index (χ3n) is 3.95. The minimum atomic E-state index is 0.0339. The van der Waals surface area contributed by atoms with Gasteiger partial charge in [0.2, 0.25) is 0 Å². The zero-order valence-electron chi connectivity index (χ0n) is 14.3. The second kappa shape index (κ2) is 7.12. The van der Waals surface area contributed by atoms with Gasteiger partial charge in [-0.05, 0) is 12.1 Å². The summed E-state index contributed by atoms with van der Waals surface area (Å²) in [5.74, 6) is 1.13. The van der Waals surface area contributed by atoms with Crippen molar-refractivity contribution in [3.63, 3.8) is 0 Å². The number of azo groups is 1. The molecule has 0 spiro atoms. The molecule has 0 atom stereocenters. The number of rotatable bonds is 5. The average Bonchev–Trinajstić information content (AvgIpc) is 2.65. The van der Waals surface area contributed by atoms with E-state index in [4.69, 9.17) is 4.74 Å². The normalized spacial score (nSPS) is 12.9. The molecule has 0 radical (unpaired) electrons. The lowest BCUT2D eigenvalue weighted by atomic mass is 10.2. The minimum Gasteiger partial charge on any atom is -0.506 e. The number of benzene rings is 2. The first-order chi connectivity index (χ1) is 12.1. The summed E-state index contributed by atoms with van der Waals surface area (Å²) in [6, 6.07) is 11.1. The SMILES string of the molecule is C=C(/N=N/c1cc2c(cc1O)NCCO2)N(C)c1ccccc1NC. The number of ether oxygens (including phenoxy) is 1. The van der Waals surface area contributed by atoms with Crippen molar-refractivity contribution in [3.8, 4) is 11.5 Å². The van der Waals surface area contributed by atoms with Gasteiger partial charge in [-0.15, -0.1) is 10.2 Å². The Labute approximate surface area is 146 Å². The lowest BCUT2D eigenvalue weighted by molar-refractivity contribution is 0.322. The van der Waals surface area contributed by atoms with Gasteiger partial charge in [-0.2, -0.15) is 0 Å². The molecule has 0 aromatic heterocycles. The van der Waals surface area contributed by atoms with Crippen LogP contribution in [-0.4, -0.2) is 32.4 Å². The van der Waals surface area contributed by atoms with E-state index >= 15 is 0 Å². The molecule has 3 N–H and O–H groups in total. The first kappa shape index (κ1) is 16.6.